The Morgan fingerprint density at radius 3 is 2.71 bits per heavy atom. The largest absolute Gasteiger partial charge is 0.370 e. The number of rotatable bonds is 5. The molecule has 0 radical (unpaired) electrons. The highest BCUT2D eigenvalue weighted by molar-refractivity contribution is 5.33. The van der Waals surface area contributed by atoms with E-state index in [1.165, 1.54) is 38.5 Å². The maximum atomic E-state index is 4.16. The quantitative estimate of drug-likeness (QED) is 0.823. The molecule has 0 amide bonds. The van der Waals surface area contributed by atoms with Crippen molar-refractivity contribution in [2.24, 2.45) is 7.05 Å². The van der Waals surface area contributed by atoms with Crippen LogP contribution < -0.4 is 10.6 Å². The van der Waals surface area contributed by atoms with Crippen LogP contribution in [0.5, 0.6) is 0 Å². The molecule has 96 valence electrons. The van der Waals surface area contributed by atoms with Crippen molar-refractivity contribution in [3.05, 3.63) is 12.3 Å². The second kappa shape index (κ2) is 5.54. The molecule has 1 aromatic rings. The van der Waals surface area contributed by atoms with Gasteiger partial charge in [0.1, 0.15) is 5.82 Å². The number of aryl methyl sites for hydroxylation is 1. The molecular weight excluding hydrogens is 212 g/mol. The lowest BCUT2D eigenvalue weighted by Gasteiger charge is -2.37. The monoisotopic (exact) mass is 236 g/mol. The van der Waals surface area contributed by atoms with E-state index in [-0.39, 0.29) is 0 Å². The second-order valence-electron chi connectivity index (χ2n) is 5.11. The standard InChI is InChI=1S/C13H24N4/c1-14-13(7-4-3-5-8-13)9-11-15-12-6-10-16-17(12)2/h6,10,14-15H,3-5,7-9,11H2,1-2H3. The zero-order chi connectivity index (χ0) is 12.1. The lowest BCUT2D eigenvalue weighted by molar-refractivity contribution is 0.235. The number of anilines is 1. The Kier molecular flexibility index (Phi) is 4.05. The van der Waals surface area contributed by atoms with E-state index in [0.717, 1.165) is 12.4 Å². The van der Waals surface area contributed by atoms with Gasteiger partial charge in [0.25, 0.3) is 0 Å². The molecule has 0 aliphatic heterocycles. The summed E-state index contributed by atoms with van der Waals surface area (Å²) in [7, 11) is 4.08. The minimum atomic E-state index is 0.365. The number of hydrogen-bond donors (Lipinski definition) is 2. The van der Waals surface area contributed by atoms with Crippen LogP contribution in [0.1, 0.15) is 38.5 Å². The predicted octanol–water partition coefficient (Wildman–Crippen LogP) is 2.14. The average molecular weight is 236 g/mol. The third-order valence-electron chi connectivity index (χ3n) is 4.07. The first-order valence-corrected chi connectivity index (χ1v) is 6.67. The fourth-order valence-corrected chi connectivity index (χ4v) is 2.83. The van der Waals surface area contributed by atoms with Gasteiger partial charge in [-0.05, 0) is 26.3 Å². The summed E-state index contributed by atoms with van der Waals surface area (Å²) in [6.45, 7) is 1.01. The van der Waals surface area contributed by atoms with Crippen LogP contribution in [0.15, 0.2) is 12.3 Å². The first-order valence-electron chi connectivity index (χ1n) is 6.67. The Balaban J connectivity index is 1.82. The summed E-state index contributed by atoms with van der Waals surface area (Å²) in [5.41, 5.74) is 0.365. The minimum absolute atomic E-state index is 0.365. The molecule has 0 atom stereocenters. The zero-order valence-electron chi connectivity index (χ0n) is 11.0. The molecule has 1 aliphatic carbocycles. The smallest absolute Gasteiger partial charge is 0.123 e. The van der Waals surface area contributed by atoms with Gasteiger partial charge in [0.15, 0.2) is 0 Å². The summed E-state index contributed by atoms with van der Waals surface area (Å²) in [5, 5.41) is 11.2. The molecule has 0 bridgehead atoms. The van der Waals surface area contributed by atoms with Crippen LogP contribution in [0.2, 0.25) is 0 Å². The van der Waals surface area contributed by atoms with E-state index >= 15 is 0 Å². The van der Waals surface area contributed by atoms with Gasteiger partial charge in [0, 0.05) is 25.2 Å². The molecular formula is C13H24N4. The van der Waals surface area contributed by atoms with E-state index in [9.17, 15) is 0 Å². The van der Waals surface area contributed by atoms with Crippen molar-refractivity contribution in [3.8, 4) is 0 Å². The van der Waals surface area contributed by atoms with E-state index in [4.69, 9.17) is 0 Å². The summed E-state index contributed by atoms with van der Waals surface area (Å²) in [6, 6.07) is 2.02. The topological polar surface area (TPSA) is 41.9 Å². The molecule has 0 saturated heterocycles. The van der Waals surface area contributed by atoms with Gasteiger partial charge in [-0.3, -0.25) is 4.68 Å². The molecule has 4 nitrogen and oxygen atoms in total. The maximum Gasteiger partial charge on any atom is 0.123 e. The molecule has 1 fully saturated rings. The third kappa shape index (κ3) is 3.00. The molecule has 2 rings (SSSR count). The fraction of sp³-hybridized carbons (Fsp3) is 0.769. The Hall–Kier alpha value is -1.03. The van der Waals surface area contributed by atoms with Crippen molar-refractivity contribution >= 4 is 5.82 Å². The number of nitrogens with zero attached hydrogens (tertiary/aromatic N) is 2. The Bertz CT molecular complexity index is 339. The molecule has 4 heteroatoms. The van der Waals surface area contributed by atoms with Crippen LogP contribution in [0, 0.1) is 0 Å². The zero-order valence-corrected chi connectivity index (χ0v) is 11.0. The van der Waals surface area contributed by atoms with Crippen molar-refractivity contribution in [1.29, 1.82) is 0 Å². The van der Waals surface area contributed by atoms with Gasteiger partial charge in [-0.1, -0.05) is 19.3 Å². The number of nitrogens with one attached hydrogen (secondary N) is 2. The molecule has 2 N–H and O–H groups in total. The van der Waals surface area contributed by atoms with E-state index in [0.29, 0.717) is 5.54 Å². The van der Waals surface area contributed by atoms with Crippen LogP contribution in [0.3, 0.4) is 0 Å². The summed E-state index contributed by atoms with van der Waals surface area (Å²) in [5.74, 6) is 1.10. The molecule has 1 heterocycles. The van der Waals surface area contributed by atoms with Crippen molar-refractivity contribution in [2.45, 2.75) is 44.1 Å². The van der Waals surface area contributed by atoms with Gasteiger partial charge in [-0.25, -0.2) is 0 Å². The molecule has 1 aliphatic rings. The molecule has 17 heavy (non-hydrogen) atoms. The molecule has 0 spiro atoms. The normalized spacial score (nSPS) is 19.2. The summed E-state index contributed by atoms with van der Waals surface area (Å²) in [4.78, 5) is 0. The maximum absolute atomic E-state index is 4.16. The third-order valence-corrected chi connectivity index (χ3v) is 4.07. The van der Waals surface area contributed by atoms with Gasteiger partial charge >= 0.3 is 0 Å². The Morgan fingerprint density at radius 2 is 2.12 bits per heavy atom. The lowest BCUT2D eigenvalue weighted by atomic mass is 9.79. The van der Waals surface area contributed by atoms with Crippen molar-refractivity contribution < 1.29 is 0 Å². The number of hydrogen-bond acceptors (Lipinski definition) is 3. The second-order valence-corrected chi connectivity index (χ2v) is 5.11. The van der Waals surface area contributed by atoms with Gasteiger partial charge in [-0.15, -0.1) is 0 Å². The molecule has 1 aromatic heterocycles. The van der Waals surface area contributed by atoms with E-state index in [2.05, 4.69) is 22.8 Å². The Morgan fingerprint density at radius 1 is 1.35 bits per heavy atom. The predicted molar refractivity (Wildman–Crippen MR) is 71.2 cm³/mol. The van der Waals surface area contributed by atoms with Gasteiger partial charge in [0.2, 0.25) is 0 Å². The van der Waals surface area contributed by atoms with E-state index in [1.807, 2.05) is 24.0 Å². The van der Waals surface area contributed by atoms with E-state index < -0.39 is 0 Å². The van der Waals surface area contributed by atoms with Gasteiger partial charge in [0.05, 0.1) is 6.20 Å². The van der Waals surface area contributed by atoms with Gasteiger partial charge < -0.3 is 10.6 Å². The highest BCUT2D eigenvalue weighted by atomic mass is 15.3. The first kappa shape index (κ1) is 12.4. The van der Waals surface area contributed by atoms with Crippen LogP contribution >= 0.6 is 0 Å². The minimum Gasteiger partial charge on any atom is -0.370 e. The Labute approximate surface area is 104 Å². The average Bonchev–Trinajstić information content (AvgIpc) is 2.76. The van der Waals surface area contributed by atoms with E-state index in [1.54, 1.807) is 0 Å². The van der Waals surface area contributed by atoms with Crippen LogP contribution in [0.25, 0.3) is 0 Å². The summed E-state index contributed by atoms with van der Waals surface area (Å²) < 4.78 is 1.88. The van der Waals surface area contributed by atoms with Crippen LogP contribution in [-0.2, 0) is 7.05 Å². The highest BCUT2D eigenvalue weighted by Crippen LogP contribution is 2.30. The SMILES string of the molecule is CNC1(CCNc2ccnn2C)CCCCC1. The van der Waals surface area contributed by atoms with Crippen LogP contribution in [-0.4, -0.2) is 28.9 Å². The molecule has 0 aromatic carbocycles. The molecule has 0 unspecified atom stereocenters. The van der Waals surface area contributed by atoms with Crippen molar-refractivity contribution in [1.82, 2.24) is 15.1 Å². The highest BCUT2D eigenvalue weighted by Gasteiger charge is 2.29. The summed E-state index contributed by atoms with van der Waals surface area (Å²) >= 11 is 0. The number of aromatic nitrogens is 2. The molecule has 1 saturated carbocycles. The lowest BCUT2D eigenvalue weighted by Crippen LogP contribution is -2.45. The van der Waals surface area contributed by atoms with Gasteiger partial charge in [-0.2, -0.15) is 5.10 Å². The summed E-state index contributed by atoms with van der Waals surface area (Å²) in [6.07, 6.45) is 9.79. The fourth-order valence-electron chi connectivity index (χ4n) is 2.83. The van der Waals surface area contributed by atoms with Crippen molar-refractivity contribution in [2.75, 3.05) is 18.9 Å². The van der Waals surface area contributed by atoms with Crippen LogP contribution in [0.4, 0.5) is 5.82 Å². The first-order chi connectivity index (χ1) is 8.26. The van der Waals surface area contributed by atoms with Crippen molar-refractivity contribution in [3.63, 3.8) is 0 Å².